The number of halogens is 2. The minimum Gasteiger partial charge on any atom is -0.496 e. The Morgan fingerprint density at radius 1 is 1.16 bits per heavy atom. The third-order valence-corrected chi connectivity index (χ3v) is 8.42. The summed E-state index contributed by atoms with van der Waals surface area (Å²) in [6, 6.07) is 9.54. The zero-order chi connectivity index (χ0) is 30.3. The highest BCUT2D eigenvalue weighted by atomic mass is 19.3. The summed E-state index contributed by atoms with van der Waals surface area (Å²) < 4.78 is 46.8. The number of amides is 1. The predicted octanol–water partition coefficient (Wildman–Crippen LogP) is 5.99. The standard InChI is InChI=1S/C32H41F2N5O4/c1-32(2,3)43-31(40)38-16-21(17-38)35-20-8-9-24(27(15-20)41-4)30-23-10-11-26-25(22(23)12-13-37(30)19-28(33)34)18-39(36-26)29-7-5-6-14-42-29/h8-11,15,18,21,28-30,35H,5-7,12-14,16-17,19H2,1-4H3. The molecule has 43 heavy (non-hydrogen) atoms. The lowest BCUT2D eigenvalue weighted by Gasteiger charge is -2.40. The highest BCUT2D eigenvalue weighted by Crippen LogP contribution is 2.43. The van der Waals surface area contributed by atoms with E-state index in [1.54, 1.807) is 12.0 Å². The molecule has 0 spiro atoms. The molecular weight excluding hydrogens is 556 g/mol. The smallest absolute Gasteiger partial charge is 0.410 e. The van der Waals surface area contributed by atoms with Crippen LogP contribution < -0.4 is 10.1 Å². The maximum absolute atomic E-state index is 13.8. The van der Waals surface area contributed by atoms with Gasteiger partial charge in [0, 0.05) is 55.1 Å². The molecule has 1 N–H and O–H groups in total. The van der Waals surface area contributed by atoms with Crippen molar-refractivity contribution in [2.45, 2.75) is 76.8 Å². The van der Waals surface area contributed by atoms with Gasteiger partial charge in [-0.1, -0.05) is 12.1 Å². The van der Waals surface area contributed by atoms with Crippen LogP contribution in [0.3, 0.4) is 0 Å². The molecule has 0 saturated carbocycles. The number of hydrogen-bond acceptors (Lipinski definition) is 7. The predicted molar refractivity (Wildman–Crippen MR) is 160 cm³/mol. The lowest BCUT2D eigenvalue weighted by Crippen LogP contribution is -2.57. The number of carbonyl (C=O) groups excluding carboxylic acids is 1. The fourth-order valence-corrected chi connectivity index (χ4v) is 6.43. The highest BCUT2D eigenvalue weighted by Gasteiger charge is 2.36. The van der Waals surface area contributed by atoms with Crippen molar-refractivity contribution in [3.63, 3.8) is 0 Å². The summed E-state index contributed by atoms with van der Waals surface area (Å²) in [7, 11) is 1.61. The number of carbonyl (C=O) groups is 1. The molecule has 2 atom stereocenters. The Kier molecular flexibility index (Phi) is 8.21. The van der Waals surface area contributed by atoms with E-state index in [1.807, 2.05) is 60.7 Å². The first-order valence-corrected chi connectivity index (χ1v) is 15.2. The molecule has 3 aliphatic heterocycles. The van der Waals surface area contributed by atoms with Gasteiger partial charge in [-0.2, -0.15) is 5.10 Å². The van der Waals surface area contributed by atoms with Crippen LogP contribution in [0, 0.1) is 0 Å². The van der Waals surface area contributed by atoms with Gasteiger partial charge < -0.3 is 24.4 Å². The molecule has 0 aliphatic carbocycles. The first-order valence-electron chi connectivity index (χ1n) is 15.2. The molecule has 232 valence electrons. The van der Waals surface area contributed by atoms with Gasteiger partial charge in [0.15, 0.2) is 0 Å². The summed E-state index contributed by atoms with van der Waals surface area (Å²) in [5.41, 5.74) is 4.16. The molecule has 4 heterocycles. The molecule has 0 radical (unpaired) electrons. The molecule has 6 rings (SSSR count). The van der Waals surface area contributed by atoms with Crippen LogP contribution in [0.2, 0.25) is 0 Å². The lowest BCUT2D eigenvalue weighted by molar-refractivity contribution is -0.0390. The third kappa shape index (κ3) is 6.28. The second-order valence-electron chi connectivity index (χ2n) is 12.7. The van der Waals surface area contributed by atoms with Gasteiger partial charge in [-0.3, -0.25) is 4.90 Å². The van der Waals surface area contributed by atoms with Crippen LogP contribution >= 0.6 is 0 Å². The fourth-order valence-electron chi connectivity index (χ4n) is 6.43. The quantitative estimate of drug-likeness (QED) is 0.359. The number of nitrogens with one attached hydrogen (secondary N) is 1. The van der Waals surface area contributed by atoms with Crippen molar-refractivity contribution in [3.8, 4) is 5.75 Å². The number of ether oxygens (including phenoxy) is 3. The van der Waals surface area contributed by atoms with E-state index < -0.39 is 18.1 Å². The minimum absolute atomic E-state index is 0.0708. The van der Waals surface area contributed by atoms with Gasteiger partial charge in [-0.25, -0.2) is 18.3 Å². The number of fused-ring (bicyclic) bond motifs is 3. The number of alkyl halides is 2. The van der Waals surface area contributed by atoms with Gasteiger partial charge in [0.2, 0.25) is 0 Å². The Morgan fingerprint density at radius 2 is 1.95 bits per heavy atom. The molecule has 2 fully saturated rings. The number of anilines is 1. The number of aromatic nitrogens is 2. The summed E-state index contributed by atoms with van der Waals surface area (Å²) >= 11 is 0. The van der Waals surface area contributed by atoms with Crippen molar-refractivity contribution in [3.05, 3.63) is 53.2 Å². The first-order chi connectivity index (χ1) is 20.6. The Hall–Kier alpha value is -3.44. The van der Waals surface area contributed by atoms with E-state index in [4.69, 9.17) is 19.3 Å². The number of hydrogen-bond donors (Lipinski definition) is 1. The molecule has 3 aromatic rings. The maximum atomic E-state index is 13.8. The molecule has 11 heteroatoms. The fraction of sp³-hybridized carbons (Fsp3) is 0.562. The van der Waals surface area contributed by atoms with E-state index in [-0.39, 0.29) is 24.9 Å². The second kappa shape index (κ2) is 11.9. The van der Waals surface area contributed by atoms with Crippen molar-refractivity contribution < 1.29 is 27.8 Å². The average Bonchev–Trinajstić information content (AvgIpc) is 3.39. The summed E-state index contributed by atoms with van der Waals surface area (Å²) in [5.74, 6) is 0.622. The van der Waals surface area contributed by atoms with E-state index in [9.17, 15) is 13.6 Å². The summed E-state index contributed by atoms with van der Waals surface area (Å²) in [5, 5.41) is 9.33. The molecule has 1 aromatic heterocycles. The van der Waals surface area contributed by atoms with Crippen molar-refractivity contribution in [2.75, 3.05) is 45.2 Å². The van der Waals surface area contributed by atoms with Crippen LogP contribution in [-0.4, -0.2) is 83.6 Å². The zero-order valence-corrected chi connectivity index (χ0v) is 25.3. The molecule has 2 saturated heterocycles. The normalized spacial score (nSPS) is 21.5. The highest BCUT2D eigenvalue weighted by molar-refractivity contribution is 5.84. The Labute approximate surface area is 251 Å². The molecule has 9 nitrogen and oxygen atoms in total. The third-order valence-electron chi connectivity index (χ3n) is 8.42. The van der Waals surface area contributed by atoms with Gasteiger partial charge in [0.05, 0.1) is 31.3 Å². The number of rotatable bonds is 7. The molecule has 2 unspecified atom stereocenters. The van der Waals surface area contributed by atoms with Gasteiger partial charge in [-0.05, 0) is 69.7 Å². The van der Waals surface area contributed by atoms with Crippen LogP contribution in [0.4, 0.5) is 19.3 Å². The number of nitrogens with zero attached hydrogens (tertiary/aromatic N) is 4. The second-order valence-corrected chi connectivity index (χ2v) is 12.7. The molecule has 2 aromatic carbocycles. The topological polar surface area (TPSA) is 81.1 Å². The van der Waals surface area contributed by atoms with Crippen molar-refractivity contribution in [2.24, 2.45) is 0 Å². The minimum atomic E-state index is -2.46. The van der Waals surface area contributed by atoms with E-state index >= 15 is 0 Å². The summed E-state index contributed by atoms with van der Waals surface area (Å²) in [6.45, 7) is 7.52. The molecule has 1 amide bonds. The van der Waals surface area contributed by atoms with Gasteiger partial charge in [0.25, 0.3) is 6.43 Å². The monoisotopic (exact) mass is 597 g/mol. The average molecular weight is 598 g/mol. The van der Waals surface area contributed by atoms with Gasteiger partial charge in [-0.15, -0.1) is 0 Å². The first kappa shape index (κ1) is 29.6. The zero-order valence-electron chi connectivity index (χ0n) is 25.3. The maximum Gasteiger partial charge on any atom is 0.410 e. The molecule has 0 bridgehead atoms. The van der Waals surface area contributed by atoms with Crippen LogP contribution in [0.1, 0.15) is 69.0 Å². The van der Waals surface area contributed by atoms with E-state index in [2.05, 4.69) is 11.5 Å². The van der Waals surface area contributed by atoms with E-state index in [0.717, 1.165) is 59.2 Å². The van der Waals surface area contributed by atoms with Crippen LogP contribution in [0.25, 0.3) is 10.9 Å². The van der Waals surface area contributed by atoms with Crippen molar-refractivity contribution in [1.29, 1.82) is 0 Å². The van der Waals surface area contributed by atoms with Gasteiger partial charge in [0.1, 0.15) is 17.6 Å². The molecule has 3 aliphatic rings. The van der Waals surface area contributed by atoms with E-state index in [1.165, 1.54) is 0 Å². The van der Waals surface area contributed by atoms with Crippen molar-refractivity contribution >= 4 is 22.7 Å². The van der Waals surface area contributed by atoms with Crippen LogP contribution in [0.15, 0.2) is 36.5 Å². The molecular formula is C32H41F2N5O4. The van der Waals surface area contributed by atoms with Crippen LogP contribution in [0.5, 0.6) is 5.75 Å². The SMILES string of the molecule is COc1cc(NC2CN(C(=O)OC(C)(C)C)C2)ccc1C1c2ccc3nn(C4CCCCO4)cc3c2CCN1CC(F)F. The number of benzene rings is 2. The van der Waals surface area contributed by atoms with E-state index in [0.29, 0.717) is 31.8 Å². The van der Waals surface area contributed by atoms with Crippen molar-refractivity contribution in [1.82, 2.24) is 19.6 Å². The Bertz CT molecular complexity index is 1460. The summed E-state index contributed by atoms with van der Waals surface area (Å²) in [6.07, 6.45) is 2.97. The Balaban J connectivity index is 1.26. The number of likely N-dealkylation sites (tertiary alicyclic amines) is 1. The summed E-state index contributed by atoms with van der Waals surface area (Å²) in [4.78, 5) is 15.8. The lowest BCUT2D eigenvalue weighted by atomic mass is 9.86. The Morgan fingerprint density at radius 3 is 2.65 bits per heavy atom. The van der Waals surface area contributed by atoms with Gasteiger partial charge >= 0.3 is 6.09 Å². The number of methoxy groups -OCH3 is 1. The van der Waals surface area contributed by atoms with Crippen LogP contribution in [-0.2, 0) is 15.9 Å². The largest absolute Gasteiger partial charge is 0.496 e.